The minimum absolute atomic E-state index is 0.00871. The summed E-state index contributed by atoms with van der Waals surface area (Å²) in [5, 5.41) is 12.3. The number of nitrogens with one attached hydrogen (secondary N) is 1. The van der Waals surface area contributed by atoms with Crippen LogP contribution in [-0.4, -0.2) is 15.6 Å². The Balaban J connectivity index is 1.88. The first-order valence-corrected chi connectivity index (χ1v) is 7.29. The summed E-state index contributed by atoms with van der Waals surface area (Å²) in [6.07, 6.45) is -0.973. The summed E-state index contributed by atoms with van der Waals surface area (Å²) in [5.41, 5.74) is -0.276. The van der Waals surface area contributed by atoms with E-state index in [-0.39, 0.29) is 17.0 Å². The zero-order chi connectivity index (χ0) is 18.0. The zero-order valence-corrected chi connectivity index (χ0v) is 12.8. The molecule has 128 valence electrons. The van der Waals surface area contributed by atoms with Crippen molar-refractivity contribution in [3.8, 4) is 11.4 Å². The van der Waals surface area contributed by atoms with Gasteiger partial charge in [0.15, 0.2) is 0 Å². The van der Waals surface area contributed by atoms with E-state index in [0.29, 0.717) is 5.69 Å². The van der Waals surface area contributed by atoms with Crippen LogP contribution in [0.25, 0.3) is 5.69 Å². The van der Waals surface area contributed by atoms with Gasteiger partial charge in [0.05, 0.1) is 11.1 Å². The van der Waals surface area contributed by atoms with Crippen LogP contribution in [-0.2, 0) is 6.18 Å². The average Bonchev–Trinajstić information content (AvgIpc) is 3.09. The summed E-state index contributed by atoms with van der Waals surface area (Å²) in [7, 11) is 0. The van der Waals surface area contributed by atoms with Crippen molar-refractivity contribution in [1.29, 1.82) is 0 Å². The first-order valence-electron chi connectivity index (χ1n) is 7.29. The highest BCUT2D eigenvalue weighted by molar-refractivity contribution is 6.06. The summed E-state index contributed by atoms with van der Waals surface area (Å²) >= 11 is 0. The number of carbonyl (C=O) groups excluding carboxylic acids is 1. The summed E-state index contributed by atoms with van der Waals surface area (Å²) in [5.74, 6) is -0.966. The Morgan fingerprint density at radius 1 is 1.00 bits per heavy atom. The van der Waals surface area contributed by atoms with Crippen LogP contribution in [0.15, 0.2) is 67.0 Å². The summed E-state index contributed by atoms with van der Waals surface area (Å²) in [6, 6.07) is 12.3. The van der Waals surface area contributed by atoms with E-state index in [0.717, 1.165) is 12.1 Å². The maximum atomic E-state index is 12.7. The zero-order valence-electron chi connectivity index (χ0n) is 12.8. The highest BCUT2D eigenvalue weighted by atomic mass is 19.4. The fourth-order valence-corrected chi connectivity index (χ4v) is 2.34. The van der Waals surface area contributed by atoms with Gasteiger partial charge in [0, 0.05) is 23.8 Å². The lowest BCUT2D eigenvalue weighted by molar-refractivity contribution is -0.137. The van der Waals surface area contributed by atoms with Crippen molar-refractivity contribution >= 4 is 11.6 Å². The van der Waals surface area contributed by atoms with Crippen LogP contribution >= 0.6 is 0 Å². The van der Waals surface area contributed by atoms with E-state index < -0.39 is 17.6 Å². The van der Waals surface area contributed by atoms with Crippen LogP contribution in [0.1, 0.15) is 15.9 Å². The lowest BCUT2D eigenvalue weighted by Gasteiger charge is -2.11. The number of hydrogen-bond acceptors (Lipinski definition) is 2. The third kappa shape index (κ3) is 3.65. The molecule has 0 aliphatic rings. The highest BCUT2D eigenvalue weighted by Gasteiger charge is 2.30. The van der Waals surface area contributed by atoms with E-state index >= 15 is 0 Å². The monoisotopic (exact) mass is 346 g/mol. The Kier molecular flexibility index (Phi) is 4.22. The molecule has 0 atom stereocenters. The maximum Gasteiger partial charge on any atom is 0.416 e. The van der Waals surface area contributed by atoms with Gasteiger partial charge in [-0.2, -0.15) is 13.2 Å². The molecule has 0 aliphatic heterocycles. The molecule has 25 heavy (non-hydrogen) atoms. The van der Waals surface area contributed by atoms with Crippen molar-refractivity contribution < 1.29 is 23.1 Å². The van der Waals surface area contributed by atoms with E-state index in [2.05, 4.69) is 5.32 Å². The second kappa shape index (κ2) is 6.35. The number of hydrogen-bond donors (Lipinski definition) is 2. The molecule has 0 fully saturated rings. The molecule has 0 unspecified atom stereocenters. The van der Waals surface area contributed by atoms with Crippen molar-refractivity contribution in [3.05, 3.63) is 78.1 Å². The van der Waals surface area contributed by atoms with E-state index in [1.165, 1.54) is 24.3 Å². The minimum Gasteiger partial charge on any atom is -0.507 e. The Morgan fingerprint density at radius 2 is 1.72 bits per heavy atom. The third-order valence-corrected chi connectivity index (χ3v) is 3.58. The maximum absolute atomic E-state index is 12.7. The first-order chi connectivity index (χ1) is 11.8. The van der Waals surface area contributed by atoms with Gasteiger partial charge in [-0.15, -0.1) is 0 Å². The lowest BCUT2D eigenvalue weighted by atomic mass is 10.1. The molecule has 4 nitrogen and oxygen atoms in total. The number of aromatic hydroxyl groups is 1. The van der Waals surface area contributed by atoms with Crippen LogP contribution in [0.3, 0.4) is 0 Å². The van der Waals surface area contributed by atoms with E-state index in [1.54, 1.807) is 35.2 Å². The number of phenols is 1. The number of phenolic OH excluding ortho intramolecular Hbond substituents is 1. The number of amides is 1. The molecule has 2 aromatic carbocycles. The molecule has 2 N–H and O–H groups in total. The normalized spacial score (nSPS) is 11.3. The summed E-state index contributed by atoms with van der Waals surface area (Å²) < 4.78 is 40.0. The average molecular weight is 346 g/mol. The Hall–Kier alpha value is -3.22. The van der Waals surface area contributed by atoms with Gasteiger partial charge >= 0.3 is 6.18 Å². The van der Waals surface area contributed by atoms with E-state index in [9.17, 15) is 23.1 Å². The van der Waals surface area contributed by atoms with Gasteiger partial charge in [0.25, 0.3) is 5.91 Å². The quantitative estimate of drug-likeness (QED) is 0.736. The fourth-order valence-electron chi connectivity index (χ4n) is 2.34. The van der Waals surface area contributed by atoms with Crippen LogP contribution in [0, 0.1) is 0 Å². The molecule has 0 bridgehead atoms. The molecule has 3 rings (SSSR count). The van der Waals surface area contributed by atoms with Crippen molar-refractivity contribution in [3.63, 3.8) is 0 Å². The van der Waals surface area contributed by atoms with Crippen LogP contribution in [0.5, 0.6) is 5.75 Å². The van der Waals surface area contributed by atoms with Crippen molar-refractivity contribution in [2.24, 2.45) is 0 Å². The Labute approximate surface area is 141 Å². The molecule has 0 radical (unpaired) electrons. The van der Waals surface area contributed by atoms with Crippen molar-refractivity contribution in [2.45, 2.75) is 6.18 Å². The molecule has 0 saturated heterocycles. The predicted octanol–water partition coefficient (Wildman–Crippen LogP) is 4.45. The number of nitrogens with zero attached hydrogens (tertiary/aromatic N) is 1. The number of halogens is 3. The van der Waals surface area contributed by atoms with Crippen LogP contribution in [0.2, 0.25) is 0 Å². The summed E-state index contributed by atoms with van der Waals surface area (Å²) in [6.45, 7) is 0. The molecule has 1 heterocycles. The van der Waals surface area contributed by atoms with Gasteiger partial charge in [0.2, 0.25) is 0 Å². The Morgan fingerprint density at radius 3 is 2.40 bits per heavy atom. The SMILES string of the molecule is O=C(Nc1cccc(C(F)(F)F)c1)c1cc(-n2cccc2)ccc1O. The number of aromatic nitrogens is 1. The van der Waals surface area contributed by atoms with Crippen LogP contribution < -0.4 is 5.32 Å². The number of alkyl halides is 3. The van der Waals surface area contributed by atoms with Gasteiger partial charge in [-0.1, -0.05) is 6.07 Å². The topological polar surface area (TPSA) is 54.3 Å². The lowest BCUT2D eigenvalue weighted by Crippen LogP contribution is -2.14. The molecule has 3 aromatic rings. The van der Waals surface area contributed by atoms with Gasteiger partial charge in [-0.05, 0) is 48.5 Å². The Bertz CT molecular complexity index is 903. The van der Waals surface area contributed by atoms with Gasteiger partial charge in [-0.3, -0.25) is 4.79 Å². The highest BCUT2D eigenvalue weighted by Crippen LogP contribution is 2.31. The molecule has 0 spiro atoms. The molecule has 0 aliphatic carbocycles. The number of benzene rings is 2. The molecular weight excluding hydrogens is 333 g/mol. The van der Waals surface area contributed by atoms with E-state index in [4.69, 9.17) is 0 Å². The molecule has 7 heteroatoms. The van der Waals surface area contributed by atoms with Crippen molar-refractivity contribution in [1.82, 2.24) is 4.57 Å². The molecule has 0 saturated carbocycles. The predicted molar refractivity (Wildman–Crippen MR) is 86.8 cm³/mol. The molecule has 1 amide bonds. The van der Waals surface area contributed by atoms with Crippen LogP contribution in [0.4, 0.5) is 18.9 Å². The molecular formula is C18H13F3N2O2. The largest absolute Gasteiger partial charge is 0.507 e. The second-order valence-corrected chi connectivity index (χ2v) is 5.32. The first kappa shape index (κ1) is 16.6. The van der Waals surface area contributed by atoms with Crippen molar-refractivity contribution in [2.75, 3.05) is 5.32 Å². The second-order valence-electron chi connectivity index (χ2n) is 5.32. The number of carbonyl (C=O) groups is 1. The van der Waals surface area contributed by atoms with E-state index in [1.807, 2.05) is 0 Å². The van der Waals surface area contributed by atoms with Gasteiger partial charge in [-0.25, -0.2) is 0 Å². The fraction of sp³-hybridized carbons (Fsp3) is 0.0556. The van der Waals surface area contributed by atoms with Gasteiger partial charge in [0.1, 0.15) is 5.75 Å². The number of rotatable bonds is 3. The molecule has 1 aromatic heterocycles. The standard InChI is InChI=1S/C18H13F3N2O2/c19-18(20,21)12-4-3-5-13(10-12)22-17(25)15-11-14(6-7-16(15)24)23-8-1-2-9-23/h1-11,24H,(H,22,25). The number of anilines is 1. The van der Waals surface area contributed by atoms with Gasteiger partial charge < -0.3 is 15.0 Å². The minimum atomic E-state index is -4.50. The smallest absolute Gasteiger partial charge is 0.416 e. The summed E-state index contributed by atoms with van der Waals surface area (Å²) in [4.78, 5) is 12.4. The third-order valence-electron chi connectivity index (χ3n) is 3.58.